The molecule has 17 heavy (non-hydrogen) atoms. The van der Waals surface area contributed by atoms with Gasteiger partial charge in [0, 0.05) is 17.5 Å². The second-order valence-electron chi connectivity index (χ2n) is 3.46. The van der Waals surface area contributed by atoms with Crippen LogP contribution in [0.4, 0.5) is 13.2 Å². The highest BCUT2D eigenvalue weighted by Crippen LogP contribution is 2.34. The molecule has 6 heteroatoms. The van der Waals surface area contributed by atoms with E-state index in [1.165, 1.54) is 25.3 Å². The van der Waals surface area contributed by atoms with Gasteiger partial charge in [0.05, 0.1) is 18.2 Å². The second-order valence-corrected chi connectivity index (χ2v) is 3.46. The zero-order chi connectivity index (χ0) is 12.6. The van der Waals surface area contributed by atoms with E-state index in [-0.39, 0.29) is 10.9 Å². The van der Waals surface area contributed by atoms with Crippen LogP contribution in [0.5, 0.6) is 5.75 Å². The number of ether oxygens (including phenoxy) is 1. The molecule has 90 valence electrons. The van der Waals surface area contributed by atoms with E-state index in [0.29, 0.717) is 11.8 Å². The van der Waals surface area contributed by atoms with Crippen LogP contribution in [0.1, 0.15) is 5.56 Å². The Labute approximate surface area is 93.8 Å². The van der Waals surface area contributed by atoms with Crippen molar-refractivity contribution in [1.29, 1.82) is 0 Å². The molecule has 1 aromatic heterocycles. The number of fused-ring (bicyclic) bond motifs is 1. The first-order chi connectivity index (χ1) is 7.91. The van der Waals surface area contributed by atoms with E-state index in [9.17, 15) is 18.0 Å². The number of rotatable bonds is 1. The fraction of sp³-hybridized carbons (Fsp3) is 0.182. The molecule has 0 saturated heterocycles. The molecule has 1 N–H and O–H groups in total. The molecule has 0 aliphatic carbocycles. The highest BCUT2D eigenvalue weighted by molar-refractivity contribution is 5.83. The Morgan fingerprint density at radius 1 is 1.24 bits per heavy atom. The highest BCUT2D eigenvalue weighted by atomic mass is 19.4. The van der Waals surface area contributed by atoms with Crippen molar-refractivity contribution < 1.29 is 17.9 Å². The van der Waals surface area contributed by atoms with Crippen molar-refractivity contribution >= 4 is 10.9 Å². The minimum Gasteiger partial charge on any atom is -0.497 e. The summed E-state index contributed by atoms with van der Waals surface area (Å²) in [5.41, 5.74) is -1.64. The number of halogens is 3. The molecule has 1 aromatic carbocycles. The monoisotopic (exact) mass is 243 g/mol. The minimum atomic E-state index is -4.55. The van der Waals surface area contributed by atoms with Gasteiger partial charge in [0.15, 0.2) is 0 Å². The third-order valence-electron chi connectivity index (χ3n) is 2.36. The van der Waals surface area contributed by atoms with Gasteiger partial charge in [-0.05, 0) is 12.1 Å². The van der Waals surface area contributed by atoms with Crippen molar-refractivity contribution in [2.24, 2.45) is 0 Å². The van der Waals surface area contributed by atoms with E-state index in [1.54, 1.807) is 0 Å². The van der Waals surface area contributed by atoms with E-state index < -0.39 is 17.3 Å². The van der Waals surface area contributed by atoms with Gasteiger partial charge >= 0.3 is 6.18 Å². The van der Waals surface area contributed by atoms with E-state index in [4.69, 9.17) is 4.74 Å². The molecule has 0 saturated carbocycles. The van der Waals surface area contributed by atoms with Gasteiger partial charge in [-0.3, -0.25) is 4.79 Å². The zero-order valence-corrected chi connectivity index (χ0v) is 8.76. The Hall–Kier alpha value is -1.98. The molecule has 3 nitrogen and oxygen atoms in total. The van der Waals surface area contributed by atoms with Crippen molar-refractivity contribution in [3.05, 3.63) is 40.2 Å². The molecule has 0 unspecified atom stereocenters. The first-order valence-corrected chi connectivity index (χ1v) is 4.70. The molecule has 0 amide bonds. The van der Waals surface area contributed by atoms with Crippen LogP contribution in [0.3, 0.4) is 0 Å². The number of benzene rings is 1. The number of hydrogen-bond donors (Lipinski definition) is 1. The molecule has 0 aliphatic heterocycles. The van der Waals surface area contributed by atoms with Crippen molar-refractivity contribution in [3.63, 3.8) is 0 Å². The molecule has 2 aromatic rings. The highest BCUT2D eigenvalue weighted by Gasteiger charge is 2.33. The predicted octanol–water partition coefficient (Wildman–Crippen LogP) is 2.56. The number of aromatic amines is 1. The largest absolute Gasteiger partial charge is 0.497 e. The lowest BCUT2D eigenvalue weighted by Gasteiger charge is -2.10. The molecule has 0 bridgehead atoms. The van der Waals surface area contributed by atoms with Gasteiger partial charge in [0.2, 0.25) is 5.56 Å². The van der Waals surface area contributed by atoms with E-state index >= 15 is 0 Å². The zero-order valence-electron chi connectivity index (χ0n) is 8.76. The molecule has 0 atom stereocenters. The maximum atomic E-state index is 12.7. The molecule has 2 rings (SSSR count). The Morgan fingerprint density at radius 3 is 2.53 bits per heavy atom. The summed E-state index contributed by atoms with van der Waals surface area (Å²) in [6, 6.07) is 4.59. The fourth-order valence-corrected chi connectivity index (χ4v) is 1.60. The van der Waals surface area contributed by atoms with Crippen LogP contribution >= 0.6 is 0 Å². The second kappa shape index (κ2) is 3.80. The summed E-state index contributed by atoms with van der Waals surface area (Å²) in [5, 5.41) is -0.0575. The van der Waals surface area contributed by atoms with E-state index in [2.05, 4.69) is 4.98 Å². The lowest BCUT2D eigenvalue weighted by atomic mass is 10.1. The smallest absolute Gasteiger partial charge is 0.417 e. The third kappa shape index (κ3) is 2.11. The first-order valence-electron chi connectivity index (χ1n) is 4.70. The average Bonchev–Trinajstić information content (AvgIpc) is 2.25. The van der Waals surface area contributed by atoms with Gasteiger partial charge in [0.25, 0.3) is 0 Å². The van der Waals surface area contributed by atoms with Crippen LogP contribution in [0.15, 0.2) is 29.1 Å². The lowest BCUT2D eigenvalue weighted by Crippen LogP contribution is -2.13. The summed E-state index contributed by atoms with van der Waals surface area (Å²) in [6.07, 6.45) is -4.55. The minimum absolute atomic E-state index is 0.0575. The van der Waals surface area contributed by atoms with Gasteiger partial charge < -0.3 is 9.72 Å². The van der Waals surface area contributed by atoms with Crippen molar-refractivity contribution in [2.45, 2.75) is 6.18 Å². The first kappa shape index (κ1) is 11.5. The molecule has 0 radical (unpaired) electrons. The number of nitrogens with one attached hydrogen (secondary N) is 1. The van der Waals surface area contributed by atoms with Crippen LogP contribution < -0.4 is 10.3 Å². The summed E-state index contributed by atoms with van der Waals surface area (Å²) in [6.45, 7) is 0. The van der Waals surface area contributed by atoms with Crippen LogP contribution in [-0.4, -0.2) is 12.1 Å². The van der Waals surface area contributed by atoms with Crippen LogP contribution in [0, 0.1) is 0 Å². The molecular formula is C11H8F3NO2. The van der Waals surface area contributed by atoms with Gasteiger partial charge in [0.1, 0.15) is 5.75 Å². The van der Waals surface area contributed by atoms with E-state index in [0.717, 1.165) is 0 Å². The quantitative estimate of drug-likeness (QED) is 0.836. The number of hydrogen-bond acceptors (Lipinski definition) is 2. The van der Waals surface area contributed by atoms with Gasteiger partial charge in [-0.1, -0.05) is 0 Å². The van der Waals surface area contributed by atoms with Gasteiger partial charge in [-0.25, -0.2) is 0 Å². The van der Waals surface area contributed by atoms with Gasteiger partial charge in [-0.15, -0.1) is 0 Å². The van der Waals surface area contributed by atoms with Crippen LogP contribution in [-0.2, 0) is 6.18 Å². The van der Waals surface area contributed by atoms with Crippen molar-refractivity contribution in [2.75, 3.05) is 7.11 Å². The lowest BCUT2D eigenvalue weighted by molar-refractivity contribution is -0.136. The van der Waals surface area contributed by atoms with Crippen LogP contribution in [0.2, 0.25) is 0 Å². The maximum absolute atomic E-state index is 12.7. The molecule has 1 heterocycles. The SMILES string of the molecule is COc1ccc2c(C(F)(F)F)cc(=O)[nH]c2c1. The van der Waals surface area contributed by atoms with Crippen LogP contribution in [0.25, 0.3) is 10.9 Å². The molecule has 0 spiro atoms. The van der Waals surface area contributed by atoms with E-state index in [1.807, 2.05) is 0 Å². The Morgan fingerprint density at radius 2 is 1.94 bits per heavy atom. The summed E-state index contributed by atoms with van der Waals surface area (Å²) < 4.78 is 43.0. The summed E-state index contributed by atoms with van der Waals surface area (Å²) in [5.74, 6) is 0.382. The van der Waals surface area contributed by atoms with Crippen molar-refractivity contribution in [3.8, 4) is 5.75 Å². The topological polar surface area (TPSA) is 42.1 Å². The summed E-state index contributed by atoms with van der Waals surface area (Å²) in [4.78, 5) is 13.5. The molecular weight excluding hydrogens is 235 g/mol. The molecule has 0 aliphatic rings. The van der Waals surface area contributed by atoms with Gasteiger partial charge in [-0.2, -0.15) is 13.2 Å². The summed E-state index contributed by atoms with van der Waals surface area (Å²) >= 11 is 0. The predicted molar refractivity (Wildman–Crippen MR) is 56.1 cm³/mol. The third-order valence-corrected chi connectivity index (χ3v) is 2.36. The maximum Gasteiger partial charge on any atom is 0.417 e. The number of aromatic nitrogens is 1. The standard InChI is InChI=1S/C11H8F3NO2/c1-17-6-2-3-7-8(11(12,13)14)5-10(16)15-9(7)4-6/h2-5H,1H3,(H,15,16). The number of pyridine rings is 1. The number of alkyl halides is 3. The Balaban J connectivity index is 2.82. The summed E-state index contributed by atoms with van der Waals surface area (Å²) in [7, 11) is 1.40. The number of methoxy groups -OCH3 is 1. The molecule has 0 fully saturated rings. The Bertz CT molecular complexity index is 616. The average molecular weight is 243 g/mol. The fourth-order valence-electron chi connectivity index (χ4n) is 1.60. The number of H-pyrrole nitrogens is 1. The normalized spacial score (nSPS) is 11.8. The van der Waals surface area contributed by atoms with Crippen molar-refractivity contribution in [1.82, 2.24) is 4.98 Å². The Kier molecular flexibility index (Phi) is 2.57.